The Hall–Kier alpha value is -4.04. The quantitative estimate of drug-likeness (QED) is 0.119. The van der Waals surface area contributed by atoms with Crippen LogP contribution in [0.25, 0.3) is 0 Å². The van der Waals surface area contributed by atoms with E-state index in [0.29, 0.717) is 5.56 Å². The highest BCUT2D eigenvalue weighted by Gasteiger charge is 2.31. The smallest absolute Gasteiger partial charge is 0.326 e. The summed E-state index contributed by atoms with van der Waals surface area (Å²) in [6.45, 7) is -0.749. The Kier molecular flexibility index (Phi) is 12.5. The zero-order chi connectivity index (χ0) is 27.3. The Balaban J connectivity index is 3.04. The number of benzene rings is 1. The van der Waals surface area contributed by atoms with Crippen LogP contribution in [0.1, 0.15) is 31.2 Å². The lowest BCUT2D eigenvalue weighted by atomic mass is 10.0. The van der Waals surface area contributed by atoms with E-state index in [0.717, 1.165) is 0 Å². The molecule has 0 aliphatic carbocycles. The van der Waals surface area contributed by atoms with E-state index in [1.807, 2.05) is 0 Å². The first-order valence-corrected chi connectivity index (χ1v) is 10.9. The predicted molar refractivity (Wildman–Crippen MR) is 122 cm³/mol. The van der Waals surface area contributed by atoms with Crippen LogP contribution in [-0.2, 0) is 35.2 Å². The summed E-state index contributed by atoms with van der Waals surface area (Å²) in [6, 6.07) is 2.60. The average Bonchev–Trinajstić information content (AvgIpc) is 2.83. The summed E-state index contributed by atoms with van der Waals surface area (Å²) in [5, 5.41) is 43.2. The molecule has 0 spiro atoms. The molecule has 0 saturated carbocycles. The van der Waals surface area contributed by atoms with Crippen molar-refractivity contribution in [2.45, 2.75) is 56.3 Å². The van der Waals surface area contributed by atoms with Gasteiger partial charge < -0.3 is 42.1 Å². The van der Waals surface area contributed by atoms with Crippen LogP contribution in [0.15, 0.2) is 30.3 Å². The zero-order valence-electron chi connectivity index (χ0n) is 19.3. The van der Waals surface area contributed by atoms with Crippen LogP contribution in [-0.4, -0.2) is 86.8 Å². The molecule has 3 amide bonds. The Bertz CT molecular complexity index is 940. The van der Waals surface area contributed by atoms with Crippen molar-refractivity contribution in [1.82, 2.24) is 16.0 Å². The normalized spacial score (nSPS) is 13.9. The first-order valence-electron chi connectivity index (χ1n) is 10.9. The number of hydrogen-bond donors (Lipinski definition) is 8. The number of carbonyl (C=O) groups is 6. The van der Waals surface area contributed by atoms with Crippen molar-refractivity contribution >= 4 is 35.6 Å². The number of carboxylic acid groups (broad SMARTS) is 3. The number of rotatable bonds is 16. The number of carboxylic acids is 3. The summed E-state index contributed by atoms with van der Waals surface area (Å²) in [5.41, 5.74) is 6.01. The van der Waals surface area contributed by atoms with Crippen molar-refractivity contribution in [2.24, 2.45) is 5.73 Å². The maximum absolute atomic E-state index is 12.8. The number of aliphatic hydroxyl groups is 1. The van der Waals surface area contributed by atoms with Crippen LogP contribution >= 0.6 is 0 Å². The highest BCUT2D eigenvalue weighted by atomic mass is 16.4. The third-order valence-corrected chi connectivity index (χ3v) is 4.99. The summed E-state index contributed by atoms with van der Waals surface area (Å²) in [4.78, 5) is 71.4. The van der Waals surface area contributed by atoms with Crippen molar-refractivity contribution in [2.75, 3.05) is 6.61 Å². The van der Waals surface area contributed by atoms with Gasteiger partial charge in [-0.25, -0.2) is 4.79 Å². The van der Waals surface area contributed by atoms with Gasteiger partial charge in [0.15, 0.2) is 0 Å². The van der Waals surface area contributed by atoms with E-state index in [2.05, 4.69) is 16.0 Å². The third kappa shape index (κ3) is 10.9. The van der Waals surface area contributed by atoms with Gasteiger partial charge in [0, 0.05) is 19.3 Å². The molecule has 1 aromatic carbocycles. The molecule has 4 atom stereocenters. The first-order chi connectivity index (χ1) is 16.9. The van der Waals surface area contributed by atoms with E-state index in [9.17, 15) is 33.9 Å². The molecule has 198 valence electrons. The van der Waals surface area contributed by atoms with Crippen molar-refractivity contribution < 1.29 is 49.2 Å². The van der Waals surface area contributed by atoms with E-state index < -0.39 is 92.1 Å². The van der Waals surface area contributed by atoms with Gasteiger partial charge >= 0.3 is 17.9 Å². The van der Waals surface area contributed by atoms with Crippen LogP contribution in [0, 0.1) is 0 Å². The second-order valence-electron chi connectivity index (χ2n) is 7.87. The molecule has 9 N–H and O–H groups in total. The average molecular weight is 511 g/mol. The third-order valence-electron chi connectivity index (χ3n) is 4.99. The van der Waals surface area contributed by atoms with E-state index in [1.165, 1.54) is 0 Å². The molecule has 14 heteroatoms. The molecule has 0 radical (unpaired) electrons. The molecule has 1 rings (SSSR count). The Morgan fingerprint density at radius 1 is 0.722 bits per heavy atom. The summed E-state index contributed by atoms with van der Waals surface area (Å²) < 4.78 is 0. The van der Waals surface area contributed by atoms with Crippen LogP contribution < -0.4 is 21.7 Å². The minimum Gasteiger partial charge on any atom is -0.481 e. The van der Waals surface area contributed by atoms with Gasteiger partial charge in [-0.1, -0.05) is 30.3 Å². The Labute approximate surface area is 205 Å². The van der Waals surface area contributed by atoms with Crippen molar-refractivity contribution in [3.63, 3.8) is 0 Å². The molecular formula is C22H30N4O10. The number of amides is 3. The van der Waals surface area contributed by atoms with Gasteiger partial charge in [-0.2, -0.15) is 0 Å². The number of nitrogens with one attached hydrogen (secondary N) is 3. The summed E-state index contributed by atoms with van der Waals surface area (Å²) >= 11 is 0. The van der Waals surface area contributed by atoms with Crippen molar-refractivity contribution in [1.29, 1.82) is 0 Å². The van der Waals surface area contributed by atoms with Gasteiger partial charge in [-0.05, 0) is 18.4 Å². The second-order valence-corrected chi connectivity index (χ2v) is 7.87. The fourth-order valence-electron chi connectivity index (χ4n) is 3.03. The summed E-state index contributed by atoms with van der Waals surface area (Å²) in [7, 11) is 0. The van der Waals surface area contributed by atoms with Crippen LogP contribution in [0.3, 0.4) is 0 Å². The molecule has 0 bridgehead atoms. The number of nitrogens with two attached hydrogens (primary N) is 1. The lowest BCUT2D eigenvalue weighted by Gasteiger charge is -2.24. The van der Waals surface area contributed by atoms with Crippen LogP contribution in [0.4, 0.5) is 0 Å². The number of aliphatic carboxylic acids is 3. The van der Waals surface area contributed by atoms with Gasteiger partial charge in [0.2, 0.25) is 17.7 Å². The maximum atomic E-state index is 12.8. The van der Waals surface area contributed by atoms with Crippen molar-refractivity contribution in [3.05, 3.63) is 35.9 Å². The number of carbonyl (C=O) groups excluding carboxylic acids is 3. The van der Waals surface area contributed by atoms with E-state index in [-0.39, 0.29) is 6.42 Å². The molecule has 0 heterocycles. The molecule has 1 aromatic rings. The van der Waals surface area contributed by atoms with Gasteiger partial charge in [0.05, 0.1) is 6.61 Å². The highest BCUT2D eigenvalue weighted by molar-refractivity contribution is 5.94. The molecule has 4 unspecified atom stereocenters. The molecule has 14 nitrogen and oxygen atoms in total. The minimum absolute atomic E-state index is 0.0855. The van der Waals surface area contributed by atoms with Gasteiger partial charge in [0.25, 0.3) is 0 Å². The molecule has 0 aliphatic rings. The Morgan fingerprint density at radius 2 is 1.17 bits per heavy atom. The molecule has 0 aromatic heterocycles. The number of aliphatic hydroxyl groups excluding tert-OH is 1. The maximum Gasteiger partial charge on any atom is 0.326 e. The van der Waals surface area contributed by atoms with Gasteiger partial charge in [-0.3, -0.25) is 24.0 Å². The van der Waals surface area contributed by atoms with E-state index in [1.54, 1.807) is 30.3 Å². The second kappa shape index (κ2) is 15.1. The van der Waals surface area contributed by atoms with E-state index in [4.69, 9.17) is 21.1 Å². The first kappa shape index (κ1) is 30.0. The SMILES string of the molecule is NC(CO)C(=O)NC(CCC(=O)O)C(=O)NC(CCC(=O)O)C(=O)NC(Cc1ccccc1)C(=O)O. The monoisotopic (exact) mass is 510 g/mol. The van der Waals surface area contributed by atoms with E-state index >= 15 is 0 Å². The lowest BCUT2D eigenvalue weighted by molar-refractivity contribution is -0.143. The summed E-state index contributed by atoms with van der Waals surface area (Å²) in [6.07, 6.45) is -2.00. The fraction of sp³-hybridized carbons (Fsp3) is 0.455. The summed E-state index contributed by atoms with van der Waals surface area (Å²) in [5.74, 6) is -6.88. The number of hydrogen-bond acceptors (Lipinski definition) is 8. The largest absolute Gasteiger partial charge is 0.481 e. The molecule has 36 heavy (non-hydrogen) atoms. The zero-order valence-corrected chi connectivity index (χ0v) is 19.3. The topological polar surface area (TPSA) is 245 Å². The minimum atomic E-state index is -1.51. The Morgan fingerprint density at radius 3 is 1.58 bits per heavy atom. The standard InChI is InChI=1S/C22H30N4O10/c23-13(11-27)19(32)24-14(6-8-17(28)29)20(33)25-15(7-9-18(30)31)21(34)26-16(22(35)36)10-12-4-2-1-3-5-12/h1-5,13-16,27H,6-11,23H2,(H,24,32)(H,25,33)(H,26,34)(H,28,29)(H,30,31)(H,35,36). The molecular weight excluding hydrogens is 480 g/mol. The highest BCUT2D eigenvalue weighted by Crippen LogP contribution is 2.07. The van der Waals surface area contributed by atoms with Crippen LogP contribution in [0.5, 0.6) is 0 Å². The fourth-order valence-corrected chi connectivity index (χ4v) is 3.03. The molecule has 0 aliphatic heterocycles. The predicted octanol–water partition coefficient (Wildman–Crippen LogP) is -2.18. The van der Waals surface area contributed by atoms with Gasteiger partial charge in [-0.15, -0.1) is 0 Å². The van der Waals surface area contributed by atoms with Crippen LogP contribution in [0.2, 0.25) is 0 Å². The molecule has 0 fully saturated rings. The molecule has 0 saturated heterocycles. The van der Waals surface area contributed by atoms with Gasteiger partial charge in [0.1, 0.15) is 24.2 Å². The lowest BCUT2D eigenvalue weighted by Crippen LogP contribution is -2.57. The van der Waals surface area contributed by atoms with Crippen molar-refractivity contribution in [3.8, 4) is 0 Å².